The van der Waals surface area contributed by atoms with Crippen molar-refractivity contribution in [3.8, 4) is 5.75 Å². The molecule has 0 aliphatic carbocycles. The van der Waals surface area contributed by atoms with Crippen molar-refractivity contribution in [1.82, 2.24) is 0 Å². The molecule has 0 atom stereocenters. The first-order valence-electron chi connectivity index (χ1n) is 8.66. The number of rotatable bonds is 6. The van der Waals surface area contributed by atoms with Crippen LogP contribution >= 0.6 is 15.9 Å². The number of methoxy groups -OCH3 is 2. The minimum Gasteiger partial charge on any atom is -0.494 e. The Labute approximate surface area is 177 Å². The molecule has 2 aromatic rings. The number of esters is 1. The van der Waals surface area contributed by atoms with Crippen LogP contribution in [0.3, 0.4) is 0 Å². The van der Waals surface area contributed by atoms with E-state index >= 15 is 0 Å². The molecule has 1 N–H and O–H groups in total. The zero-order chi connectivity index (χ0) is 21.2. The van der Waals surface area contributed by atoms with Crippen molar-refractivity contribution in [3.05, 3.63) is 46.4 Å². The van der Waals surface area contributed by atoms with E-state index in [1.807, 2.05) is 0 Å². The summed E-state index contributed by atoms with van der Waals surface area (Å²) in [5.74, 6) is -0.274. The van der Waals surface area contributed by atoms with Gasteiger partial charge in [0.2, 0.25) is 5.91 Å². The highest BCUT2D eigenvalue weighted by atomic mass is 79.9. The number of sulfonamides is 1. The van der Waals surface area contributed by atoms with E-state index in [0.717, 1.165) is 6.42 Å². The van der Waals surface area contributed by atoms with Crippen LogP contribution in [0.2, 0.25) is 0 Å². The molecular formula is C19H19BrN2O6S. The molecule has 10 heteroatoms. The average Bonchev–Trinajstić information content (AvgIpc) is 3.12. The standard InChI is InChI=1S/C19H19BrN2O6S/c1-27-17-10-12(5-8-16(17)22-9-3-4-18(22)23)21-29(25,26)13-6-7-15(20)14(11-13)19(24)28-2/h5-8,10-11,21H,3-4,9H2,1-2H3. The topological polar surface area (TPSA) is 102 Å². The van der Waals surface area contributed by atoms with Crippen molar-refractivity contribution in [2.24, 2.45) is 0 Å². The van der Waals surface area contributed by atoms with Crippen LogP contribution in [0.25, 0.3) is 0 Å². The molecule has 1 aliphatic heterocycles. The highest BCUT2D eigenvalue weighted by Gasteiger charge is 2.25. The van der Waals surface area contributed by atoms with Gasteiger partial charge >= 0.3 is 5.97 Å². The second kappa shape index (κ2) is 8.42. The van der Waals surface area contributed by atoms with Crippen LogP contribution in [-0.4, -0.2) is 41.1 Å². The molecule has 1 amide bonds. The van der Waals surface area contributed by atoms with E-state index in [-0.39, 0.29) is 22.1 Å². The molecule has 0 unspecified atom stereocenters. The van der Waals surface area contributed by atoms with E-state index in [0.29, 0.717) is 28.9 Å². The summed E-state index contributed by atoms with van der Waals surface area (Å²) in [7, 11) is -1.31. The summed E-state index contributed by atoms with van der Waals surface area (Å²) in [6, 6.07) is 8.77. The number of carbonyl (C=O) groups is 2. The minimum atomic E-state index is -3.98. The highest BCUT2D eigenvalue weighted by molar-refractivity contribution is 9.10. The predicted octanol–water partition coefficient (Wildman–Crippen LogP) is 3.17. The quantitative estimate of drug-likeness (QED) is 0.634. The lowest BCUT2D eigenvalue weighted by Gasteiger charge is -2.20. The van der Waals surface area contributed by atoms with Crippen molar-refractivity contribution in [2.75, 3.05) is 30.4 Å². The van der Waals surface area contributed by atoms with Gasteiger partial charge in [0.15, 0.2) is 0 Å². The number of benzene rings is 2. The maximum atomic E-state index is 12.8. The Bertz CT molecular complexity index is 1070. The number of amides is 1. The van der Waals surface area contributed by atoms with E-state index in [1.165, 1.54) is 38.5 Å². The molecule has 0 spiro atoms. The third-order valence-corrected chi connectivity index (χ3v) is 6.52. The van der Waals surface area contributed by atoms with Crippen LogP contribution in [-0.2, 0) is 19.6 Å². The number of carbonyl (C=O) groups excluding carboxylic acids is 2. The van der Waals surface area contributed by atoms with Gasteiger partial charge in [0.1, 0.15) is 5.75 Å². The fourth-order valence-electron chi connectivity index (χ4n) is 3.02. The van der Waals surface area contributed by atoms with E-state index in [9.17, 15) is 18.0 Å². The first-order chi connectivity index (χ1) is 13.8. The summed E-state index contributed by atoms with van der Waals surface area (Å²) < 4.78 is 38.5. The summed E-state index contributed by atoms with van der Waals surface area (Å²) >= 11 is 3.20. The van der Waals surface area contributed by atoms with Crippen LogP contribution in [0.15, 0.2) is 45.8 Å². The summed E-state index contributed by atoms with van der Waals surface area (Å²) in [6.07, 6.45) is 1.24. The molecule has 1 aliphatic rings. The van der Waals surface area contributed by atoms with Gasteiger partial charge in [0.25, 0.3) is 10.0 Å². The van der Waals surface area contributed by atoms with Gasteiger partial charge in [0, 0.05) is 23.5 Å². The van der Waals surface area contributed by atoms with Crippen LogP contribution < -0.4 is 14.4 Å². The van der Waals surface area contributed by atoms with E-state index in [4.69, 9.17) is 4.74 Å². The molecule has 0 bridgehead atoms. The lowest BCUT2D eigenvalue weighted by Crippen LogP contribution is -2.24. The molecule has 154 valence electrons. The van der Waals surface area contributed by atoms with Gasteiger partial charge < -0.3 is 14.4 Å². The number of hydrogen-bond donors (Lipinski definition) is 1. The second-order valence-corrected chi connectivity index (χ2v) is 8.81. The average molecular weight is 483 g/mol. The fourth-order valence-corrected chi connectivity index (χ4v) is 4.50. The Kier molecular flexibility index (Phi) is 6.13. The number of hydrogen-bond acceptors (Lipinski definition) is 6. The van der Waals surface area contributed by atoms with Crippen LogP contribution in [0.5, 0.6) is 5.75 Å². The van der Waals surface area contributed by atoms with Gasteiger partial charge in [-0.05, 0) is 52.7 Å². The zero-order valence-corrected chi connectivity index (χ0v) is 18.2. The SMILES string of the molecule is COC(=O)c1cc(S(=O)(=O)Nc2ccc(N3CCCC3=O)c(OC)c2)ccc1Br. The third-order valence-electron chi connectivity index (χ3n) is 4.45. The van der Waals surface area contributed by atoms with Crippen molar-refractivity contribution in [3.63, 3.8) is 0 Å². The molecule has 0 saturated carbocycles. The van der Waals surface area contributed by atoms with E-state index < -0.39 is 16.0 Å². The number of nitrogens with zero attached hydrogens (tertiary/aromatic N) is 1. The van der Waals surface area contributed by atoms with Crippen molar-refractivity contribution in [1.29, 1.82) is 0 Å². The molecule has 0 radical (unpaired) electrons. The number of anilines is 2. The molecule has 8 nitrogen and oxygen atoms in total. The van der Waals surface area contributed by atoms with E-state index in [1.54, 1.807) is 17.0 Å². The Morgan fingerprint density at radius 3 is 2.55 bits per heavy atom. The maximum Gasteiger partial charge on any atom is 0.339 e. The first kappa shape index (κ1) is 21.1. The molecular weight excluding hydrogens is 464 g/mol. The summed E-state index contributed by atoms with van der Waals surface area (Å²) in [5.41, 5.74) is 0.949. The zero-order valence-electron chi connectivity index (χ0n) is 15.8. The Morgan fingerprint density at radius 1 is 1.17 bits per heavy atom. The van der Waals surface area contributed by atoms with Gasteiger partial charge in [0.05, 0.1) is 36.1 Å². The van der Waals surface area contributed by atoms with Gasteiger partial charge in [-0.15, -0.1) is 0 Å². The first-order valence-corrected chi connectivity index (χ1v) is 10.9. The Hall–Kier alpha value is -2.59. The lowest BCUT2D eigenvalue weighted by atomic mass is 10.2. The third kappa shape index (κ3) is 4.38. The fraction of sp³-hybridized carbons (Fsp3) is 0.263. The number of nitrogens with one attached hydrogen (secondary N) is 1. The number of ether oxygens (including phenoxy) is 2. The monoisotopic (exact) mass is 482 g/mol. The van der Waals surface area contributed by atoms with Crippen LogP contribution in [0.4, 0.5) is 11.4 Å². The normalized spacial score (nSPS) is 14.0. The van der Waals surface area contributed by atoms with Crippen molar-refractivity contribution < 1.29 is 27.5 Å². The van der Waals surface area contributed by atoms with E-state index in [2.05, 4.69) is 25.4 Å². The van der Waals surface area contributed by atoms with Crippen molar-refractivity contribution in [2.45, 2.75) is 17.7 Å². The van der Waals surface area contributed by atoms with Crippen LogP contribution in [0, 0.1) is 0 Å². The molecule has 1 fully saturated rings. The lowest BCUT2D eigenvalue weighted by molar-refractivity contribution is -0.117. The summed E-state index contributed by atoms with van der Waals surface area (Å²) in [6.45, 7) is 0.593. The summed E-state index contributed by atoms with van der Waals surface area (Å²) in [5, 5.41) is 0. The van der Waals surface area contributed by atoms with Crippen molar-refractivity contribution >= 4 is 49.2 Å². The molecule has 1 saturated heterocycles. The van der Waals surface area contributed by atoms with Gasteiger partial charge in [-0.1, -0.05) is 0 Å². The maximum absolute atomic E-state index is 12.8. The van der Waals surface area contributed by atoms with Crippen LogP contribution in [0.1, 0.15) is 23.2 Å². The highest BCUT2D eigenvalue weighted by Crippen LogP contribution is 2.34. The smallest absolute Gasteiger partial charge is 0.339 e. The predicted molar refractivity (Wildman–Crippen MR) is 111 cm³/mol. The second-order valence-electron chi connectivity index (χ2n) is 6.27. The van der Waals surface area contributed by atoms with Gasteiger partial charge in [-0.2, -0.15) is 0 Å². The largest absolute Gasteiger partial charge is 0.494 e. The molecule has 1 heterocycles. The molecule has 29 heavy (non-hydrogen) atoms. The Morgan fingerprint density at radius 2 is 1.93 bits per heavy atom. The molecule has 0 aromatic heterocycles. The Balaban J connectivity index is 1.91. The molecule has 2 aromatic carbocycles. The van der Waals surface area contributed by atoms with Gasteiger partial charge in [-0.3, -0.25) is 9.52 Å². The van der Waals surface area contributed by atoms with Gasteiger partial charge in [-0.25, -0.2) is 13.2 Å². The summed E-state index contributed by atoms with van der Waals surface area (Å²) in [4.78, 5) is 25.3. The number of halogens is 1. The minimum absolute atomic E-state index is 0.00170. The molecule has 3 rings (SSSR count).